The predicted octanol–water partition coefficient (Wildman–Crippen LogP) is 1.33. The van der Waals surface area contributed by atoms with Crippen molar-refractivity contribution in [3.8, 4) is 0 Å². The number of imide groups is 2. The summed E-state index contributed by atoms with van der Waals surface area (Å²) in [5.41, 5.74) is 1.13. The van der Waals surface area contributed by atoms with E-state index in [-0.39, 0.29) is 24.4 Å². The molecule has 12 heteroatoms. The maximum atomic E-state index is 12.6. The number of nitrogens with zero attached hydrogens (tertiary/aromatic N) is 2. The van der Waals surface area contributed by atoms with E-state index in [1.54, 1.807) is 0 Å². The van der Waals surface area contributed by atoms with Crippen LogP contribution in [0.25, 0.3) is 0 Å². The van der Waals surface area contributed by atoms with Crippen molar-refractivity contribution in [2.24, 2.45) is 0 Å². The van der Waals surface area contributed by atoms with Crippen LogP contribution in [0.2, 0.25) is 0 Å². The molecule has 204 valence electrons. The van der Waals surface area contributed by atoms with Crippen molar-refractivity contribution in [2.45, 2.75) is 25.3 Å². The number of carbonyl (C=O) groups excluding carboxylic acids is 6. The molecule has 12 nitrogen and oxygen atoms in total. The summed E-state index contributed by atoms with van der Waals surface area (Å²) in [7, 11) is 0. The average molecular weight is 545 g/mol. The highest BCUT2D eigenvalue weighted by Gasteiger charge is 2.26. The summed E-state index contributed by atoms with van der Waals surface area (Å²) in [6.45, 7) is 0.262. The van der Waals surface area contributed by atoms with Gasteiger partial charge in [-0.25, -0.2) is 14.6 Å². The van der Waals surface area contributed by atoms with E-state index in [1.165, 1.54) is 60.7 Å². The second-order valence-electron chi connectivity index (χ2n) is 8.90. The van der Waals surface area contributed by atoms with Gasteiger partial charge in [-0.3, -0.25) is 28.8 Å². The lowest BCUT2D eigenvalue weighted by Crippen LogP contribution is -2.40. The SMILES string of the molecule is O=C(NCCCCC(NC(=O)c1ccc(N2C(=O)C=CC2=O)cc1)C(=O)O)c1ccc(N2C(=O)C=CC2=O)cc1. The van der Waals surface area contributed by atoms with Gasteiger partial charge >= 0.3 is 5.97 Å². The number of carbonyl (C=O) groups is 7. The van der Waals surface area contributed by atoms with Crippen LogP contribution >= 0.6 is 0 Å². The maximum Gasteiger partial charge on any atom is 0.326 e. The number of rotatable bonds is 11. The van der Waals surface area contributed by atoms with Crippen LogP contribution in [0.4, 0.5) is 11.4 Å². The molecule has 0 fully saturated rings. The molecule has 0 bridgehead atoms. The van der Waals surface area contributed by atoms with Gasteiger partial charge in [-0.2, -0.15) is 0 Å². The Bertz CT molecular complexity index is 1410. The number of unbranched alkanes of at least 4 members (excludes halogenated alkanes) is 1. The van der Waals surface area contributed by atoms with Gasteiger partial charge < -0.3 is 15.7 Å². The number of aliphatic carboxylic acids is 1. The van der Waals surface area contributed by atoms with Gasteiger partial charge in [0.05, 0.1) is 11.4 Å². The van der Waals surface area contributed by atoms with E-state index in [0.29, 0.717) is 29.8 Å². The third-order valence-corrected chi connectivity index (χ3v) is 6.20. The zero-order chi connectivity index (χ0) is 28.8. The highest BCUT2D eigenvalue weighted by Crippen LogP contribution is 2.21. The van der Waals surface area contributed by atoms with Gasteiger partial charge in [0.15, 0.2) is 0 Å². The first-order valence-electron chi connectivity index (χ1n) is 12.3. The lowest BCUT2D eigenvalue weighted by atomic mass is 10.1. The summed E-state index contributed by atoms with van der Waals surface area (Å²) < 4.78 is 0. The van der Waals surface area contributed by atoms with Crippen molar-refractivity contribution in [1.82, 2.24) is 10.6 Å². The zero-order valence-electron chi connectivity index (χ0n) is 21.0. The second kappa shape index (κ2) is 12.0. The predicted molar refractivity (Wildman–Crippen MR) is 141 cm³/mol. The number of hydrogen-bond donors (Lipinski definition) is 3. The van der Waals surface area contributed by atoms with E-state index in [9.17, 15) is 38.7 Å². The van der Waals surface area contributed by atoms with Crippen LogP contribution in [-0.4, -0.2) is 59.1 Å². The van der Waals surface area contributed by atoms with Gasteiger partial charge in [-0.05, 0) is 67.8 Å². The number of anilines is 2. The molecule has 1 unspecified atom stereocenters. The first-order chi connectivity index (χ1) is 19.2. The van der Waals surface area contributed by atoms with Crippen molar-refractivity contribution < 1.29 is 38.7 Å². The smallest absolute Gasteiger partial charge is 0.326 e. The fourth-order valence-corrected chi connectivity index (χ4v) is 4.11. The molecule has 40 heavy (non-hydrogen) atoms. The van der Waals surface area contributed by atoms with E-state index >= 15 is 0 Å². The maximum absolute atomic E-state index is 12.6. The molecule has 0 aromatic heterocycles. The van der Waals surface area contributed by atoms with Gasteiger partial charge in [0.2, 0.25) is 0 Å². The van der Waals surface area contributed by atoms with Crippen LogP contribution in [0.5, 0.6) is 0 Å². The van der Waals surface area contributed by atoms with Crippen molar-refractivity contribution >= 4 is 52.8 Å². The summed E-state index contributed by atoms with van der Waals surface area (Å²) in [5.74, 6) is -4.10. The Balaban J connectivity index is 1.21. The van der Waals surface area contributed by atoms with Gasteiger partial charge in [0, 0.05) is 42.0 Å². The number of nitrogens with one attached hydrogen (secondary N) is 2. The van der Waals surface area contributed by atoms with Crippen molar-refractivity contribution in [3.05, 3.63) is 84.0 Å². The van der Waals surface area contributed by atoms with Gasteiger partial charge in [0.1, 0.15) is 6.04 Å². The summed E-state index contributed by atoms with van der Waals surface area (Å²) >= 11 is 0. The normalized spacial score (nSPS) is 15.1. The summed E-state index contributed by atoms with van der Waals surface area (Å²) in [4.78, 5) is 85.7. The Hall–Kier alpha value is -5.39. The largest absolute Gasteiger partial charge is 0.480 e. The van der Waals surface area contributed by atoms with Gasteiger partial charge in [-0.15, -0.1) is 0 Å². The molecule has 0 aliphatic carbocycles. The Labute approximate surface area is 227 Å². The Kier molecular flexibility index (Phi) is 8.28. The molecule has 0 radical (unpaired) electrons. The number of hydrogen-bond acceptors (Lipinski definition) is 7. The van der Waals surface area contributed by atoms with Crippen LogP contribution in [-0.2, 0) is 24.0 Å². The molecule has 2 heterocycles. The van der Waals surface area contributed by atoms with E-state index in [0.717, 1.165) is 22.0 Å². The van der Waals surface area contributed by atoms with Gasteiger partial charge in [-0.1, -0.05) is 0 Å². The highest BCUT2D eigenvalue weighted by molar-refractivity contribution is 6.28. The molecular weight excluding hydrogens is 520 g/mol. The standard InChI is InChI=1S/C28H24N4O8/c33-22-12-13-23(34)31(22)19-8-4-17(5-9-19)26(37)29-16-2-1-3-21(28(39)40)30-27(38)18-6-10-20(11-7-18)32-24(35)14-15-25(32)36/h4-15,21H,1-3,16H2,(H,29,37)(H,30,38)(H,39,40). The fourth-order valence-electron chi connectivity index (χ4n) is 4.11. The quantitative estimate of drug-likeness (QED) is 0.281. The third-order valence-electron chi connectivity index (χ3n) is 6.20. The molecule has 0 saturated carbocycles. The van der Waals surface area contributed by atoms with E-state index in [2.05, 4.69) is 10.6 Å². The van der Waals surface area contributed by atoms with E-state index < -0.39 is 41.5 Å². The Morgan fingerprint density at radius 3 is 1.50 bits per heavy atom. The number of amides is 6. The topological polar surface area (TPSA) is 170 Å². The lowest BCUT2D eigenvalue weighted by Gasteiger charge is -2.16. The summed E-state index contributed by atoms with van der Waals surface area (Å²) in [6, 6.07) is 10.4. The molecule has 2 aromatic rings. The van der Waals surface area contributed by atoms with E-state index in [4.69, 9.17) is 0 Å². The van der Waals surface area contributed by atoms with Crippen LogP contribution in [0.1, 0.15) is 40.0 Å². The number of benzene rings is 2. The lowest BCUT2D eigenvalue weighted by molar-refractivity contribution is -0.139. The first kappa shape index (κ1) is 27.6. The number of carboxylic acids is 1. The molecular formula is C28H24N4O8. The highest BCUT2D eigenvalue weighted by atomic mass is 16.4. The zero-order valence-corrected chi connectivity index (χ0v) is 21.0. The monoisotopic (exact) mass is 544 g/mol. The molecule has 3 N–H and O–H groups in total. The second-order valence-corrected chi connectivity index (χ2v) is 8.90. The minimum Gasteiger partial charge on any atom is -0.480 e. The molecule has 1 atom stereocenters. The minimum atomic E-state index is -1.21. The van der Waals surface area contributed by atoms with Crippen LogP contribution in [0.15, 0.2) is 72.8 Å². The Morgan fingerprint density at radius 1 is 0.650 bits per heavy atom. The number of carboxylic acid groups (broad SMARTS) is 1. The van der Waals surface area contributed by atoms with Crippen molar-refractivity contribution in [3.63, 3.8) is 0 Å². The van der Waals surface area contributed by atoms with Crippen molar-refractivity contribution in [2.75, 3.05) is 16.3 Å². The molecule has 0 spiro atoms. The molecule has 4 rings (SSSR count). The van der Waals surface area contributed by atoms with Crippen molar-refractivity contribution in [1.29, 1.82) is 0 Å². The third kappa shape index (κ3) is 6.18. The summed E-state index contributed by atoms with van der Waals surface area (Å²) in [6.07, 6.45) is 5.60. The molecule has 0 saturated heterocycles. The van der Waals surface area contributed by atoms with Crippen LogP contribution < -0.4 is 20.4 Å². The average Bonchev–Trinajstić information content (AvgIpc) is 3.46. The van der Waals surface area contributed by atoms with Crippen LogP contribution in [0.3, 0.4) is 0 Å². The molecule has 6 amide bonds. The van der Waals surface area contributed by atoms with E-state index in [1.807, 2.05) is 0 Å². The van der Waals surface area contributed by atoms with Gasteiger partial charge in [0.25, 0.3) is 35.4 Å². The summed E-state index contributed by atoms with van der Waals surface area (Å²) in [5, 5.41) is 14.7. The Morgan fingerprint density at radius 2 is 1.07 bits per heavy atom. The first-order valence-corrected chi connectivity index (χ1v) is 12.3. The van der Waals surface area contributed by atoms with Crippen LogP contribution in [0, 0.1) is 0 Å². The molecule has 2 aliphatic rings. The molecule has 2 aromatic carbocycles. The fraction of sp³-hybridized carbons (Fsp3) is 0.179. The minimum absolute atomic E-state index is 0.123. The molecule has 2 aliphatic heterocycles.